The number of carboxylic acid groups (broad SMARTS) is 2. The molecular weight excluding hydrogens is 208 g/mol. The van der Waals surface area contributed by atoms with Gasteiger partial charge in [0.2, 0.25) is 0 Å². The zero-order chi connectivity index (χ0) is 12.3. The molecular formula is C12H14O4. The normalized spacial score (nSPS) is 11.1. The Bertz CT molecular complexity index is 409. The molecule has 2 N–H and O–H groups in total. The summed E-state index contributed by atoms with van der Waals surface area (Å²) in [5.41, 5.74) is -0.0729. The monoisotopic (exact) mass is 222 g/mol. The number of carbonyl (C=O) groups is 2. The van der Waals surface area contributed by atoms with Crippen molar-refractivity contribution in [3.8, 4) is 0 Å². The van der Waals surface area contributed by atoms with Crippen molar-refractivity contribution in [2.75, 3.05) is 0 Å². The van der Waals surface area contributed by atoms with E-state index in [1.807, 2.05) is 13.0 Å². The Kier molecular flexibility index (Phi) is 3.32. The molecule has 0 fully saturated rings. The van der Waals surface area contributed by atoms with Crippen molar-refractivity contribution in [3.63, 3.8) is 0 Å². The van der Waals surface area contributed by atoms with Gasteiger partial charge in [-0.3, -0.25) is 9.59 Å². The quantitative estimate of drug-likeness (QED) is 0.760. The first-order valence-corrected chi connectivity index (χ1v) is 4.88. The number of rotatable bonds is 4. The first kappa shape index (κ1) is 12.2. The Balaban J connectivity index is 3.02. The van der Waals surface area contributed by atoms with Crippen LogP contribution in [0.15, 0.2) is 24.3 Å². The maximum Gasteiger partial charge on any atom is 0.321 e. The lowest BCUT2D eigenvalue weighted by Crippen LogP contribution is -2.38. The van der Waals surface area contributed by atoms with E-state index < -0.39 is 17.4 Å². The lowest BCUT2D eigenvalue weighted by atomic mass is 9.83. The predicted octanol–water partition coefficient (Wildman–Crippen LogP) is 1.71. The molecule has 16 heavy (non-hydrogen) atoms. The highest BCUT2D eigenvalue weighted by molar-refractivity contribution is 5.98. The maximum atomic E-state index is 11.0. The molecule has 0 radical (unpaired) electrons. The second-order valence-electron chi connectivity index (χ2n) is 4.11. The van der Waals surface area contributed by atoms with Gasteiger partial charge in [-0.2, -0.15) is 0 Å². The minimum absolute atomic E-state index is 0.0145. The molecule has 0 spiro atoms. The van der Waals surface area contributed by atoms with E-state index in [-0.39, 0.29) is 6.42 Å². The number of aryl methyl sites for hydroxylation is 1. The van der Waals surface area contributed by atoms with Crippen LogP contribution in [0.2, 0.25) is 0 Å². The summed E-state index contributed by atoms with van der Waals surface area (Å²) >= 11 is 0. The largest absolute Gasteiger partial charge is 0.480 e. The van der Waals surface area contributed by atoms with Crippen LogP contribution >= 0.6 is 0 Å². The SMILES string of the molecule is Cc1cccc(CC(C)(C(=O)O)C(=O)O)c1. The van der Waals surface area contributed by atoms with Gasteiger partial charge in [0, 0.05) is 0 Å². The van der Waals surface area contributed by atoms with Gasteiger partial charge in [0.15, 0.2) is 5.41 Å². The van der Waals surface area contributed by atoms with Gasteiger partial charge >= 0.3 is 11.9 Å². The van der Waals surface area contributed by atoms with E-state index in [1.54, 1.807) is 18.2 Å². The molecule has 0 unspecified atom stereocenters. The lowest BCUT2D eigenvalue weighted by molar-refractivity contribution is -0.163. The first-order chi connectivity index (χ1) is 7.36. The molecule has 0 heterocycles. The second-order valence-corrected chi connectivity index (χ2v) is 4.11. The minimum Gasteiger partial charge on any atom is -0.480 e. The van der Waals surface area contributed by atoms with Gasteiger partial charge in [-0.1, -0.05) is 29.8 Å². The maximum absolute atomic E-state index is 11.0. The molecule has 1 rings (SSSR count). The third-order valence-electron chi connectivity index (χ3n) is 2.58. The van der Waals surface area contributed by atoms with E-state index in [9.17, 15) is 9.59 Å². The average molecular weight is 222 g/mol. The van der Waals surface area contributed by atoms with Crippen molar-refractivity contribution in [1.82, 2.24) is 0 Å². The van der Waals surface area contributed by atoms with E-state index >= 15 is 0 Å². The molecule has 1 aromatic carbocycles. The fraction of sp³-hybridized carbons (Fsp3) is 0.333. The van der Waals surface area contributed by atoms with Crippen LogP contribution in [-0.2, 0) is 16.0 Å². The smallest absolute Gasteiger partial charge is 0.321 e. The number of carboxylic acids is 2. The van der Waals surface area contributed by atoms with Crippen molar-refractivity contribution in [3.05, 3.63) is 35.4 Å². The van der Waals surface area contributed by atoms with E-state index in [0.717, 1.165) is 5.56 Å². The molecule has 0 bridgehead atoms. The fourth-order valence-corrected chi connectivity index (χ4v) is 1.47. The molecule has 0 aliphatic rings. The Morgan fingerprint density at radius 3 is 2.25 bits per heavy atom. The number of hydrogen-bond donors (Lipinski definition) is 2. The molecule has 0 saturated heterocycles. The van der Waals surface area contributed by atoms with Crippen LogP contribution in [0.3, 0.4) is 0 Å². The molecule has 0 aromatic heterocycles. The van der Waals surface area contributed by atoms with Crippen molar-refractivity contribution in [1.29, 1.82) is 0 Å². The highest BCUT2D eigenvalue weighted by Gasteiger charge is 2.41. The van der Waals surface area contributed by atoms with Crippen LogP contribution in [0.4, 0.5) is 0 Å². The lowest BCUT2D eigenvalue weighted by Gasteiger charge is -2.19. The standard InChI is InChI=1S/C12H14O4/c1-8-4-3-5-9(6-8)7-12(2,10(13)14)11(15)16/h3-6H,7H2,1-2H3,(H,13,14)(H,15,16). The van der Waals surface area contributed by atoms with Crippen LogP contribution in [-0.4, -0.2) is 22.2 Å². The molecule has 1 aromatic rings. The van der Waals surface area contributed by atoms with Gasteiger partial charge in [-0.05, 0) is 25.8 Å². The van der Waals surface area contributed by atoms with Gasteiger partial charge in [-0.15, -0.1) is 0 Å². The summed E-state index contributed by atoms with van der Waals surface area (Å²) in [6, 6.07) is 7.19. The summed E-state index contributed by atoms with van der Waals surface area (Å²) in [6.07, 6.45) is -0.0145. The summed E-state index contributed by atoms with van der Waals surface area (Å²) in [5, 5.41) is 17.9. The minimum atomic E-state index is -1.77. The van der Waals surface area contributed by atoms with Crippen LogP contribution in [0.5, 0.6) is 0 Å². The Morgan fingerprint density at radius 1 is 1.25 bits per heavy atom. The van der Waals surface area contributed by atoms with Crippen molar-refractivity contribution in [2.45, 2.75) is 20.3 Å². The van der Waals surface area contributed by atoms with Gasteiger partial charge in [-0.25, -0.2) is 0 Å². The fourth-order valence-electron chi connectivity index (χ4n) is 1.47. The van der Waals surface area contributed by atoms with E-state index in [1.165, 1.54) is 6.92 Å². The predicted molar refractivity (Wildman–Crippen MR) is 58.3 cm³/mol. The molecule has 86 valence electrons. The highest BCUT2D eigenvalue weighted by Crippen LogP contribution is 2.23. The Hall–Kier alpha value is -1.84. The third kappa shape index (κ3) is 2.39. The number of aliphatic carboxylic acids is 2. The van der Waals surface area contributed by atoms with E-state index in [2.05, 4.69) is 0 Å². The zero-order valence-corrected chi connectivity index (χ0v) is 9.23. The Labute approximate surface area is 93.5 Å². The van der Waals surface area contributed by atoms with Crippen LogP contribution in [0.1, 0.15) is 18.1 Å². The Morgan fingerprint density at radius 2 is 1.81 bits per heavy atom. The van der Waals surface area contributed by atoms with Gasteiger partial charge in [0.05, 0.1) is 0 Å². The molecule has 0 aliphatic carbocycles. The van der Waals surface area contributed by atoms with Gasteiger partial charge < -0.3 is 10.2 Å². The van der Waals surface area contributed by atoms with E-state index in [0.29, 0.717) is 5.56 Å². The topological polar surface area (TPSA) is 74.6 Å². The summed E-state index contributed by atoms with van der Waals surface area (Å²) in [5.74, 6) is -2.64. The summed E-state index contributed by atoms with van der Waals surface area (Å²) in [6.45, 7) is 3.10. The van der Waals surface area contributed by atoms with Gasteiger partial charge in [0.1, 0.15) is 0 Å². The van der Waals surface area contributed by atoms with Crippen molar-refractivity contribution in [2.24, 2.45) is 5.41 Å². The van der Waals surface area contributed by atoms with E-state index in [4.69, 9.17) is 10.2 Å². The first-order valence-electron chi connectivity index (χ1n) is 4.88. The van der Waals surface area contributed by atoms with Crippen LogP contribution in [0.25, 0.3) is 0 Å². The second kappa shape index (κ2) is 4.35. The zero-order valence-electron chi connectivity index (χ0n) is 9.23. The third-order valence-corrected chi connectivity index (χ3v) is 2.58. The number of hydrogen-bond acceptors (Lipinski definition) is 2. The molecule has 0 amide bonds. The molecule has 4 nitrogen and oxygen atoms in total. The van der Waals surface area contributed by atoms with Crippen LogP contribution < -0.4 is 0 Å². The van der Waals surface area contributed by atoms with Crippen molar-refractivity contribution >= 4 is 11.9 Å². The van der Waals surface area contributed by atoms with Gasteiger partial charge in [0.25, 0.3) is 0 Å². The van der Waals surface area contributed by atoms with Crippen molar-refractivity contribution < 1.29 is 19.8 Å². The summed E-state index contributed by atoms with van der Waals surface area (Å²) in [4.78, 5) is 21.9. The summed E-state index contributed by atoms with van der Waals surface area (Å²) < 4.78 is 0. The number of benzene rings is 1. The molecule has 4 heteroatoms. The molecule has 0 aliphatic heterocycles. The molecule has 0 atom stereocenters. The average Bonchev–Trinajstić information content (AvgIpc) is 2.16. The molecule has 0 saturated carbocycles. The highest BCUT2D eigenvalue weighted by atomic mass is 16.4. The van der Waals surface area contributed by atoms with Crippen LogP contribution in [0, 0.1) is 12.3 Å². The summed E-state index contributed by atoms with van der Waals surface area (Å²) in [7, 11) is 0.